The number of aliphatic carboxylic acids is 1. The van der Waals surface area contributed by atoms with Crippen molar-refractivity contribution < 1.29 is 71.8 Å². The molecule has 4 saturated heterocycles. The molecule has 0 bridgehead atoms. The van der Waals surface area contributed by atoms with E-state index in [1.165, 1.54) is 6.92 Å². The van der Waals surface area contributed by atoms with Gasteiger partial charge in [0.05, 0.1) is 26.4 Å². The molecule has 216 valence electrons. The molecule has 0 amide bonds. The number of hydrogen-bond donors (Lipinski definition) is 1. The van der Waals surface area contributed by atoms with E-state index in [-0.39, 0.29) is 32.2 Å². The fourth-order valence-electron chi connectivity index (χ4n) is 4.48. The number of fused-ring (bicyclic) bond motifs is 2. The third-order valence-electron chi connectivity index (χ3n) is 6.17. The van der Waals surface area contributed by atoms with E-state index in [4.69, 9.17) is 43.0 Å². The predicted molar refractivity (Wildman–Crippen MR) is 124 cm³/mol. The third kappa shape index (κ3) is 7.38. The average Bonchev–Trinajstić information content (AvgIpc) is 3.66. The molecule has 4 rings (SSSR count). The van der Waals surface area contributed by atoms with Crippen molar-refractivity contribution >= 4 is 35.6 Å². The molecule has 15 nitrogen and oxygen atoms in total. The van der Waals surface area contributed by atoms with E-state index >= 15 is 0 Å². The fraction of sp³-hybridized carbons (Fsp3) is 0.520. The molecule has 4 fully saturated rings. The second kappa shape index (κ2) is 13.0. The monoisotopic (exact) mass is 566 g/mol. The molecule has 0 aromatic rings. The molecule has 4 aliphatic rings. The Balaban J connectivity index is 1.20. The lowest BCUT2D eigenvalue weighted by molar-refractivity contribution is -0.152. The molecule has 4 aliphatic heterocycles. The highest BCUT2D eigenvalue weighted by atomic mass is 16.7. The first kappa shape index (κ1) is 29.1. The minimum atomic E-state index is -1.31. The molecule has 4 heterocycles. The maximum Gasteiger partial charge on any atom is 0.331 e. The number of carboxylic acid groups (broad SMARTS) is 1. The number of carbonyl (C=O) groups excluding carboxylic acids is 5. The Morgan fingerprint density at radius 3 is 1.07 bits per heavy atom. The Morgan fingerprint density at radius 2 is 0.800 bits per heavy atom. The van der Waals surface area contributed by atoms with Gasteiger partial charge in [-0.05, 0) is 13.0 Å². The maximum atomic E-state index is 12.3. The quantitative estimate of drug-likeness (QED) is 0.183. The van der Waals surface area contributed by atoms with Crippen molar-refractivity contribution in [3.05, 3.63) is 36.5 Å². The molecular weight excluding hydrogens is 540 g/mol. The SMILES string of the molecule is CC(=O)C=CC(=O)O[C@H]1CO[C@H]2[C@@H]1OC[C@H]2OC(=O)C=CC(=O)O[C@H]1CO[C@H]2[C@@H]1OC[C@H]2OC(=O)C=CC(=O)O. The minimum Gasteiger partial charge on any atom is -0.478 e. The van der Waals surface area contributed by atoms with Gasteiger partial charge in [-0.1, -0.05) is 0 Å². The lowest BCUT2D eigenvalue weighted by Crippen LogP contribution is -2.36. The highest BCUT2D eigenvalue weighted by Crippen LogP contribution is 2.32. The van der Waals surface area contributed by atoms with Gasteiger partial charge in [-0.3, -0.25) is 4.79 Å². The average molecular weight is 566 g/mol. The number of rotatable bonds is 10. The first-order chi connectivity index (χ1) is 19.1. The Labute approximate surface area is 226 Å². The number of carboxylic acids is 1. The van der Waals surface area contributed by atoms with Crippen LogP contribution in [0.15, 0.2) is 36.5 Å². The first-order valence-electron chi connectivity index (χ1n) is 12.2. The Bertz CT molecular complexity index is 1040. The Hall–Kier alpha value is -3.92. The van der Waals surface area contributed by atoms with Gasteiger partial charge in [-0.2, -0.15) is 0 Å². The number of carbonyl (C=O) groups is 6. The number of hydrogen-bond acceptors (Lipinski definition) is 14. The molecule has 0 aromatic carbocycles. The van der Waals surface area contributed by atoms with Gasteiger partial charge in [-0.25, -0.2) is 24.0 Å². The van der Waals surface area contributed by atoms with Gasteiger partial charge in [0.25, 0.3) is 0 Å². The van der Waals surface area contributed by atoms with E-state index in [1.807, 2.05) is 0 Å². The van der Waals surface area contributed by atoms with Gasteiger partial charge in [0.15, 0.2) is 30.2 Å². The molecular formula is C25H26O15. The van der Waals surface area contributed by atoms with Crippen LogP contribution < -0.4 is 0 Å². The van der Waals surface area contributed by atoms with Crippen LogP contribution in [0, 0.1) is 0 Å². The summed E-state index contributed by atoms with van der Waals surface area (Å²) in [7, 11) is 0. The van der Waals surface area contributed by atoms with Crippen LogP contribution in [0.5, 0.6) is 0 Å². The van der Waals surface area contributed by atoms with Crippen LogP contribution in [0.1, 0.15) is 6.92 Å². The Kier molecular flexibility index (Phi) is 9.42. The maximum absolute atomic E-state index is 12.3. The summed E-state index contributed by atoms with van der Waals surface area (Å²) in [4.78, 5) is 69.5. The van der Waals surface area contributed by atoms with E-state index < -0.39 is 78.7 Å². The molecule has 0 saturated carbocycles. The topological polar surface area (TPSA) is 196 Å². The third-order valence-corrected chi connectivity index (χ3v) is 6.17. The van der Waals surface area contributed by atoms with Crippen LogP contribution >= 0.6 is 0 Å². The predicted octanol–water partition coefficient (Wildman–Crippen LogP) is -1.43. The molecule has 8 atom stereocenters. The van der Waals surface area contributed by atoms with Gasteiger partial charge in [0.2, 0.25) is 0 Å². The van der Waals surface area contributed by atoms with Crippen molar-refractivity contribution in [2.75, 3.05) is 26.4 Å². The standard InChI is InChI=1S/C25H26O15/c1-12(26)2-4-18(29)37-13-8-33-24-15(10-35-22(13)24)39-20(31)6-7-21(32)40-16-11-36-23-14(9-34-25(16)23)38-19(30)5-3-17(27)28/h2-7,13-16,22-25H,8-11H2,1H3,(H,27,28)/t13-,14+,15+,16-,22+,23+,24+,25+/m0/s1. The number of esters is 4. The van der Waals surface area contributed by atoms with E-state index in [2.05, 4.69) is 0 Å². The molecule has 0 unspecified atom stereocenters. The summed E-state index contributed by atoms with van der Waals surface area (Å²) in [6.07, 6.45) is -0.804. The second-order valence-electron chi connectivity index (χ2n) is 9.04. The van der Waals surface area contributed by atoms with Gasteiger partial charge >= 0.3 is 29.8 Å². The van der Waals surface area contributed by atoms with Crippen molar-refractivity contribution in [3.8, 4) is 0 Å². The summed E-state index contributed by atoms with van der Waals surface area (Å²) >= 11 is 0. The lowest BCUT2D eigenvalue weighted by atomic mass is 10.1. The molecule has 0 spiro atoms. The zero-order chi connectivity index (χ0) is 28.8. The van der Waals surface area contributed by atoms with Gasteiger partial charge in [-0.15, -0.1) is 0 Å². The summed E-state index contributed by atoms with van der Waals surface area (Å²) in [5.41, 5.74) is 0. The van der Waals surface area contributed by atoms with E-state index in [9.17, 15) is 28.8 Å². The molecule has 0 radical (unpaired) electrons. The van der Waals surface area contributed by atoms with Crippen molar-refractivity contribution in [2.45, 2.75) is 55.8 Å². The second-order valence-corrected chi connectivity index (χ2v) is 9.04. The van der Waals surface area contributed by atoms with Crippen molar-refractivity contribution in [1.29, 1.82) is 0 Å². The molecule has 0 aromatic heterocycles. The number of allylic oxidation sites excluding steroid dienone is 1. The highest BCUT2D eigenvalue weighted by Gasteiger charge is 2.52. The normalized spacial score (nSPS) is 32.7. The zero-order valence-corrected chi connectivity index (χ0v) is 21.1. The lowest BCUT2D eigenvalue weighted by Gasteiger charge is -2.16. The van der Waals surface area contributed by atoms with Crippen LogP contribution in [0.3, 0.4) is 0 Å². The first-order valence-corrected chi connectivity index (χ1v) is 12.2. The smallest absolute Gasteiger partial charge is 0.331 e. The molecule has 40 heavy (non-hydrogen) atoms. The molecule has 1 N–H and O–H groups in total. The minimum absolute atomic E-state index is 0.0119. The van der Waals surface area contributed by atoms with E-state index in [0.29, 0.717) is 6.08 Å². The van der Waals surface area contributed by atoms with Crippen LogP contribution in [0.2, 0.25) is 0 Å². The van der Waals surface area contributed by atoms with E-state index in [0.717, 1.165) is 30.4 Å². The number of ether oxygens (including phenoxy) is 8. The highest BCUT2D eigenvalue weighted by molar-refractivity contribution is 5.94. The summed E-state index contributed by atoms with van der Waals surface area (Å²) in [6, 6.07) is 0. The van der Waals surface area contributed by atoms with Gasteiger partial charge in [0.1, 0.15) is 24.4 Å². The van der Waals surface area contributed by atoms with Crippen LogP contribution in [0.4, 0.5) is 0 Å². The summed E-state index contributed by atoms with van der Waals surface area (Å²) < 4.78 is 43.2. The van der Waals surface area contributed by atoms with Crippen LogP contribution in [0.25, 0.3) is 0 Å². The zero-order valence-electron chi connectivity index (χ0n) is 21.1. The van der Waals surface area contributed by atoms with Crippen molar-refractivity contribution in [2.24, 2.45) is 0 Å². The fourth-order valence-corrected chi connectivity index (χ4v) is 4.48. The van der Waals surface area contributed by atoms with E-state index in [1.54, 1.807) is 0 Å². The largest absolute Gasteiger partial charge is 0.478 e. The molecule has 15 heteroatoms. The Morgan fingerprint density at radius 1 is 0.525 bits per heavy atom. The van der Waals surface area contributed by atoms with Crippen molar-refractivity contribution in [1.82, 2.24) is 0 Å². The van der Waals surface area contributed by atoms with Gasteiger partial charge in [0, 0.05) is 30.4 Å². The summed E-state index contributed by atoms with van der Waals surface area (Å²) in [5, 5.41) is 8.58. The number of ketones is 1. The molecule has 0 aliphatic carbocycles. The van der Waals surface area contributed by atoms with Crippen LogP contribution in [-0.4, -0.2) is 116 Å². The van der Waals surface area contributed by atoms with Crippen molar-refractivity contribution in [3.63, 3.8) is 0 Å². The van der Waals surface area contributed by atoms with Gasteiger partial charge < -0.3 is 43.0 Å². The van der Waals surface area contributed by atoms with Crippen LogP contribution in [-0.2, 0) is 66.7 Å². The summed E-state index contributed by atoms with van der Waals surface area (Å²) in [6.45, 7) is 1.19. The summed E-state index contributed by atoms with van der Waals surface area (Å²) in [5.74, 6) is -4.98.